The van der Waals surface area contributed by atoms with E-state index in [-0.39, 0.29) is 24.7 Å². The number of allylic oxidation sites excluding steroid dienone is 1. The number of nitrogens with zero attached hydrogens (tertiary/aromatic N) is 4. The van der Waals surface area contributed by atoms with Crippen molar-refractivity contribution in [3.8, 4) is 0 Å². The van der Waals surface area contributed by atoms with Gasteiger partial charge in [-0.25, -0.2) is 23.3 Å². The molecule has 3 aromatic heterocycles. The van der Waals surface area contributed by atoms with Gasteiger partial charge < -0.3 is 11.1 Å². The molecule has 6 nitrogen and oxygen atoms in total. The minimum absolute atomic E-state index is 0.0303. The standard InChI is InChI=1S/C22H24F2N6/c1-4-17(18-11-27-21(25)29-14(18)3)16-5-6-30-20(7-16)19(12-28-30)13(2)26-10-15-8-22(23,24)9-15/h4-7,11-12,15,26H,2,8-10H2,1,3H3,(H2,25,27,29)/b17-4-. The molecule has 0 aliphatic heterocycles. The quantitative estimate of drug-likeness (QED) is 0.640. The topological polar surface area (TPSA) is 81.1 Å². The number of rotatable bonds is 6. The molecule has 3 N–H and O–H groups in total. The summed E-state index contributed by atoms with van der Waals surface area (Å²) in [6.07, 6.45) is 7.21. The Morgan fingerprint density at radius 2 is 2.13 bits per heavy atom. The zero-order valence-electron chi connectivity index (χ0n) is 17.0. The first-order valence-corrected chi connectivity index (χ1v) is 9.82. The van der Waals surface area contributed by atoms with Gasteiger partial charge in [0.25, 0.3) is 0 Å². The van der Waals surface area contributed by atoms with Crippen LogP contribution in [0.3, 0.4) is 0 Å². The molecule has 30 heavy (non-hydrogen) atoms. The minimum atomic E-state index is -2.51. The van der Waals surface area contributed by atoms with Crippen LogP contribution < -0.4 is 11.1 Å². The first kappa shape index (κ1) is 20.0. The average Bonchev–Trinajstić information content (AvgIpc) is 3.10. The molecule has 1 saturated carbocycles. The van der Waals surface area contributed by atoms with E-state index in [4.69, 9.17) is 5.73 Å². The summed E-state index contributed by atoms with van der Waals surface area (Å²) in [5.41, 5.74) is 11.7. The second kappa shape index (κ2) is 7.51. The molecule has 0 radical (unpaired) electrons. The lowest BCUT2D eigenvalue weighted by molar-refractivity contribution is -0.108. The number of aromatic nitrogens is 4. The van der Waals surface area contributed by atoms with Crippen LogP contribution in [0.15, 0.2) is 43.4 Å². The van der Waals surface area contributed by atoms with Crippen LogP contribution in [0.2, 0.25) is 0 Å². The van der Waals surface area contributed by atoms with Crippen LogP contribution in [0, 0.1) is 12.8 Å². The number of alkyl halides is 2. The van der Waals surface area contributed by atoms with E-state index >= 15 is 0 Å². The maximum absolute atomic E-state index is 13.1. The molecule has 0 saturated heterocycles. The monoisotopic (exact) mass is 410 g/mol. The van der Waals surface area contributed by atoms with Gasteiger partial charge in [0.05, 0.1) is 17.4 Å². The highest BCUT2D eigenvalue weighted by atomic mass is 19.3. The predicted molar refractivity (Wildman–Crippen MR) is 114 cm³/mol. The SMILES string of the molecule is C=C(NCC1CC(F)(F)C1)c1cnn2ccc(/C(=C/C)c3cnc(N)nc3C)cc12. The van der Waals surface area contributed by atoms with Gasteiger partial charge >= 0.3 is 0 Å². The first-order chi connectivity index (χ1) is 14.3. The van der Waals surface area contributed by atoms with Crippen molar-refractivity contribution in [2.75, 3.05) is 12.3 Å². The minimum Gasteiger partial charge on any atom is -0.385 e. The van der Waals surface area contributed by atoms with Crippen LogP contribution in [0.5, 0.6) is 0 Å². The highest BCUT2D eigenvalue weighted by molar-refractivity contribution is 5.84. The van der Waals surface area contributed by atoms with Crippen LogP contribution in [-0.4, -0.2) is 32.0 Å². The third-order valence-electron chi connectivity index (χ3n) is 5.51. The van der Waals surface area contributed by atoms with Crippen molar-refractivity contribution in [3.63, 3.8) is 0 Å². The molecular weight excluding hydrogens is 386 g/mol. The molecule has 1 fully saturated rings. The number of hydrogen-bond acceptors (Lipinski definition) is 5. The first-order valence-electron chi connectivity index (χ1n) is 9.82. The van der Waals surface area contributed by atoms with Crippen LogP contribution in [0.4, 0.5) is 14.7 Å². The molecule has 3 aromatic rings. The molecule has 0 aromatic carbocycles. The fourth-order valence-electron chi connectivity index (χ4n) is 3.90. The molecule has 4 rings (SSSR count). The molecular formula is C22H24F2N6. The van der Waals surface area contributed by atoms with E-state index in [0.717, 1.165) is 33.5 Å². The van der Waals surface area contributed by atoms with E-state index in [1.165, 1.54) is 0 Å². The Morgan fingerprint density at radius 3 is 2.80 bits per heavy atom. The van der Waals surface area contributed by atoms with Crippen molar-refractivity contribution in [1.82, 2.24) is 24.9 Å². The molecule has 0 unspecified atom stereocenters. The van der Waals surface area contributed by atoms with Crippen molar-refractivity contribution in [3.05, 3.63) is 65.8 Å². The Bertz CT molecular complexity index is 1140. The number of anilines is 1. The van der Waals surface area contributed by atoms with Crippen molar-refractivity contribution in [2.45, 2.75) is 32.6 Å². The molecule has 3 heterocycles. The van der Waals surface area contributed by atoms with Gasteiger partial charge in [0.1, 0.15) is 0 Å². The molecule has 1 aliphatic rings. The molecule has 156 valence electrons. The van der Waals surface area contributed by atoms with Gasteiger partial charge in [-0.1, -0.05) is 12.7 Å². The van der Waals surface area contributed by atoms with Crippen molar-refractivity contribution < 1.29 is 8.78 Å². The highest BCUT2D eigenvalue weighted by Crippen LogP contribution is 2.42. The second-order valence-electron chi connectivity index (χ2n) is 7.72. The van der Waals surface area contributed by atoms with Crippen LogP contribution >= 0.6 is 0 Å². The number of fused-ring (bicyclic) bond motifs is 1. The zero-order valence-corrected chi connectivity index (χ0v) is 17.0. The summed E-state index contributed by atoms with van der Waals surface area (Å²) in [4.78, 5) is 8.39. The van der Waals surface area contributed by atoms with E-state index in [2.05, 4.69) is 27.0 Å². The Kier molecular flexibility index (Phi) is 5.01. The summed E-state index contributed by atoms with van der Waals surface area (Å²) in [7, 11) is 0. The van der Waals surface area contributed by atoms with Crippen LogP contribution in [-0.2, 0) is 0 Å². The number of halogens is 2. The molecule has 0 spiro atoms. The lowest BCUT2D eigenvalue weighted by atomic mass is 9.81. The maximum Gasteiger partial charge on any atom is 0.248 e. The largest absolute Gasteiger partial charge is 0.385 e. The number of nitrogen functional groups attached to an aromatic ring is 1. The number of nitrogens with two attached hydrogens (primary N) is 1. The zero-order chi connectivity index (χ0) is 21.5. The summed E-state index contributed by atoms with van der Waals surface area (Å²) in [5, 5.41) is 7.58. The lowest BCUT2D eigenvalue weighted by Crippen LogP contribution is -2.40. The third-order valence-corrected chi connectivity index (χ3v) is 5.51. The fraction of sp³-hybridized carbons (Fsp3) is 0.318. The number of pyridine rings is 1. The van der Waals surface area contributed by atoms with E-state index in [9.17, 15) is 8.78 Å². The smallest absolute Gasteiger partial charge is 0.248 e. The molecule has 0 atom stereocenters. The summed E-state index contributed by atoms with van der Waals surface area (Å²) in [6.45, 7) is 8.43. The van der Waals surface area contributed by atoms with Gasteiger partial charge in [-0.3, -0.25) is 0 Å². The Hall–Kier alpha value is -3.29. The summed E-state index contributed by atoms with van der Waals surface area (Å²) >= 11 is 0. The Balaban J connectivity index is 1.60. The van der Waals surface area contributed by atoms with Crippen molar-refractivity contribution in [1.29, 1.82) is 0 Å². The van der Waals surface area contributed by atoms with Gasteiger partial charge in [-0.15, -0.1) is 0 Å². The number of nitrogens with one attached hydrogen (secondary N) is 1. The normalized spacial score (nSPS) is 16.5. The van der Waals surface area contributed by atoms with E-state index in [0.29, 0.717) is 12.2 Å². The Labute approximate surface area is 173 Å². The predicted octanol–water partition coefficient (Wildman–Crippen LogP) is 4.07. The summed E-state index contributed by atoms with van der Waals surface area (Å²) in [6, 6.07) is 4.00. The summed E-state index contributed by atoms with van der Waals surface area (Å²) in [5.74, 6) is -2.30. The summed E-state index contributed by atoms with van der Waals surface area (Å²) < 4.78 is 27.9. The van der Waals surface area contributed by atoms with Crippen molar-refractivity contribution >= 4 is 22.7 Å². The van der Waals surface area contributed by atoms with Crippen LogP contribution in [0.1, 0.15) is 42.1 Å². The number of hydrogen-bond donors (Lipinski definition) is 2. The average molecular weight is 410 g/mol. The maximum atomic E-state index is 13.1. The second-order valence-corrected chi connectivity index (χ2v) is 7.72. The highest BCUT2D eigenvalue weighted by Gasteiger charge is 2.44. The van der Waals surface area contributed by atoms with Gasteiger partial charge in [-0.2, -0.15) is 5.10 Å². The van der Waals surface area contributed by atoms with Gasteiger partial charge in [0.2, 0.25) is 11.9 Å². The van der Waals surface area contributed by atoms with Gasteiger partial charge in [-0.05, 0) is 43.0 Å². The molecule has 0 amide bonds. The van der Waals surface area contributed by atoms with Gasteiger partial charge in [0, 0.05) is 48.6 Å². The van der Waals surface area contributed by atoms with E-state index in [1.54, 1.807) is 16.9 Å². The van der Waals surface area contributed by atoms with Gasteiger partial charge in [0.15, 0.2) is 0 Å². The van der Waals surface area contributed by atoms with E-state index in [1.807, 2.05) is 38.3 Å². The lowest BCUT2D eigenvalue weighted by Gasteiger charge is -2.35. The fourth-order valence-corrected chi connectivity index (χ4v) is 3.90. The van der Waals surface area contributed by atoms with E-state index < -0.39 is 5.92 Å². The van der Waals surface area contributed by atoms with Crippen LogP contribution in [0.25, 0.3) is 16.8 Å². The molecule has 8 heteroatoms. The molecule has 1 aliphatic carbocycles. The molecule has 0 bridgehead atoms. The third kappa shape index (κ3) is 3.77. The van der Waals surface area contributed by atoms with Crippen molar-refractivity contribution in [2.24, 2.45) is 5.92 Å². The number of aryl methyl sites for hydroxylation is 1. The Morgan fingerprint density at radius 1 is 1.37 bits per heavy atom.